The van der Waals surface area contributed by atoms with Crippen LogP contribution >= 0.6 is 11.6 Å². The van der Waals surface area contributed by atoms with Crippen LogP contribution in [-0.4, -0.2) is 22.1 Å². The second-order valence-electron chi connectivity index (χ2n) is 6.00. The molecule has 7 nitrogen and oxygen atoms in total. The Balaban J connectivity index is 1.69. The summed E-state index contributed by atoms with van der Waals surface area (Å²) in [4.78, 5) is 24.9. The molecule has 1 heterocycles. The van der Waals surface area contributed by atoms with Crippen molar-refractivity contribution in [2.24, 2.45) is 0 Å². The number of benzene rings is 2. The van der Waals surface area contributed by atoms with Crippen LogP contribution in [0.3, 0.4) is 0 Å². The van der Waals surface area contributed by atoms with Gasteiger partial charge in [-0.2, -0.15) is 0 Å². The van der Waals surface area contributed by atoms with Gasteiger partial charge in [-0.15, -0.1) is 10.2 Å². The lowest BCUT2D eigenvalue weighted by Crippen LogP contribution is -2.30. The van der Waals surface area contributed by atoms with Crippen LogP contribution in [0.4, 0.5) is 0 Å². The third-order valence-corrected chi connectivity index (χ3v) is 4.25. The van der Waals surface area contributed by atoms with Crippen molar-refractivity contribution in [3.05, 3.63) is 82.5 Å². The lowest BCUT2D eigenvalue weighted by atomic mass is 10.0. The van der Waals surface area contributed by atoms with E-state index in [0.717, 1.165) is 5.56 Å². The summed E-state index contributed by atoms with van der Waals surface area (Å²) >= 11 is 6.10. The molecule has 0 radical (unpaired) electrons. The Kier molecular flexibility index (Phi) is 6.39. The standard InChI is InChI=1S/C20H18ClN3O4/c1-13-23-24-18(28-13)12-27-19(25)11-17(14-7-3-2-4-8-14)22-20(26)15-9-5-6-10-16(15)21/h2-10,17H,11-12H2,1H3,(H,22,26)/t17-/m0/s1. The van der Waals surface area contributed by atoms with Crippen LogP contribution in [0.25, 0.3) is 0 Å². The maximum absolute atomic E-state index is 12.6. The number of carbonyl (C=O) groups is 2. The molecule has 3 aromatic rings. The van der Waals surface area contributed by atoms with Crippen LogP contribution in [-0.2, 0) is 16.1 Å². The van der Waals surface area contributed by atoms with Crippen LogP contribution in [0, 0.1) is 6.92 Å². The maximum atomic E-state index is 12.6. The first-order valence-electron chi connectivity index (χ1n) is 8.58. The molecule has 0 aliphatic carbocycles. The van der Waals surface area contributed by atoms with Gasteiger partial charge in [0.05, 0.1) is 23.0 Å². The Morgan fingerprint density at radius 3 is 2.50 bits per heavy atom. The van der Waals surface area contributed by atoms with Crippen molar-refractivity contribution in [3.8, 4) is 0 Å². The largest absolute Gasteiger partial charge is 0.456 e. The maximum Gasteiger partial charge on any atom is 0.308 e. The van der Waals surface area contributed by atoms with E-state index in [1.165, 1.54) is 0 Å². The predicted octanol–water partition coefficient (Wildman–Crippen LogP) is 3.64. The van der Waals surface area contributed by atoms with Gasteiger partial charge in [0.1, 0.15) is 0 Å². The second-order valence-corrected chi connectivity index (χ2v) is 6.40. The molecule has 144 valence electrons. The normalized spacial score (nSPS) is 11.6. The number of aryl methyl sites for hydroxylation is 1. The molecular weight excluding hydrogens is 382 g/mol. The summed E-state index contributed by atoms with van der Waals surface area (Å²) in [6.07, 6.45) is -0.0622. The molecule has 0 spiro atoms. The van der Waals surface area contributed by atoms with Crippen molar-refractivity contribution in [3.63, 3.8) is 0 Å². The Hall–Kier alpha value is -3.19. The van der Waals surface area contributed by atoms with Gasteiger partial charge in [-0.05, 0) is 17.7 Å². The zero-order chi connectivity index (χ0) is 19.9. The fourth-order valence-electron chi connectivity index (χ4n) is 2.58. The zero-order valence-corrected chi connectivity index (χ0v) is 15.8. The number of nitrogens with one attached hydrogen (secondary N) is 1. The monoisotopic (exact) mass is 399 g/mol. The number of halogens is 1. The van der Waals surface area contributed by atoms with Crippen LogP contribution in [0.15, 0.2) is 59.0 Å². The van der Waals surface area contributed by atoms with E-state index in [0.29, 0.717) is 16.5 Å². The molecule has 1 amide bonds. The van der Waals surface area contributed by atoms with E-state index < -0.39 is 12.0 Å². The van der Waals surface area contributed by atoms with Gasteiger partial charge in [-0.1, -0.05) is 54.1 Å². The van der Waals surface area contributed by atoms with E-state index in [2.05, 4.69) is 15.5 Å². The highest BCUT2D eigenvalue weighted by molar-refractivity contribution is 6.33. The van der Waals surface area contributed by atoms with Gasteiger partial charge < -0.3 is 14.5 Å². The number of aromatic nitrogens is 2. The summed E-state index contributed by atoms with van der Waals surface area (Å²) in [5.74, 6) is -0.286. The highest BCUT2D eigenvalue weighted by Gasteiger charge is 2.21. The fraction of sp³-hybridized carbons (Fsp3) is 0.200. The van der Waals surface area contributed by atoms with Crippen molar-refractivity contribution in [1.29, 1.82) is 0 Å². The molecule has 1 N–H and O–H groups in total. The molecule has 0 bridgehead atoms. The Morgan fingerprint density at radius 1 is 1.11 bits per heavy atom. The summed E-state index contributed by atoms with van der Waals surface area (Å²) in [7, 11) is 0. The molecule has 0 unspecified atom stereocenters. The molecule has 0 fully saturated rings. The summed E-state index contributed by atoms with van der Waals surface area (Å²) in [5.41, 5.74) is 1.10. The van der Waals surface area contributed by atoms with Gasteiger partial charge in [0.25, 0.3) is 11.8 Å². The minimum absolute atomic E-state index is 0.0622. The van der Waals surface area contributed by atoms with Gasteiger partial charge in [-0.25, -0.2) is 0 Å². The van der Waals surface area contributed by atoms with Gasteiger partial charge in [0.15, 0.2) is 6.61 Å². The summed E-state index contributed by atoms with van der Waals surface area (Å²) in [6, 6.07) is 15.3. The van der Waals surface area contributed by atoms with E-state index in [9.17, 15) is 9.59 Å². The second kappa shape index (κ2) is 9.14. The Bertz CT molecular complexity index is 959. The fourth-order valence-corrected chi connectivity index (χ4v) is 2.80. The van der Waals surface area contributed by atoms with Crippen molar-refractivity contribution in [2.45, 2.75) is 26.0 Å². The van der Waals surface area contributed by atoms with Crippen molar-refractivity contribution in [1.82, 2.24) is 15.5 Å². The molecule has 2 aromatic carbocycles. The third kappa shape index (κ3) is 5.17. The van der Waals surface area contributed by atoms with Crippen LogP contribution in [0.1, 0.15) is 40.2 Å². The van der Waals surface area contributed by atoms with E-state index in [4.69, 9.17) is 20.8 Å². The number of esters is 1. The lowest BCUT2D eigenvalue weighted by Gasteiger charge is -2.19. The Morgan fingerprint density at radius 2 is 1.82 bits per heavy atom. The van der Waals surface area contributed by atoms with E-state index in [1.54, 1.807) is 31.2 Å². The van der Waals surface area contributed by atoms with Gasteiger partial charge in [-0.3, -0.25) is 9.59 Å². The average Bonchev–Trinajstić information content (AvgIpc) is 3.12. The molecule has 3 rings (SSSR count). The number of hydrogen-bond acceptors (Lipinski definition) is 6. The number of amides is 1. The number of hydrogen-bond donors (Lipinski definition) is 1. The third-order valence-electron chi connectivity index (χ3n) is 3.92. The average molecular weight is 400 g/mol. The molecular formula is C20H18ClN3O4. The first-order chi connectivity index (χ1) is 13.5. The van der Waals surface area contributed by atoms with Crippen LogP contribution in [0.2, 0.25) is 5.02 Å². The summed E-state index contributed by atoms with van der Waals surface area (Å²) in [6.45, 7) is 1.52. The molecule has 0 aliphatic heterocycles. The van der Waals surface area contributed by atoms with Gasteiger partial charge in [0, 0.05) is 6.92 Å². The van der Waals surface area contributed by atoms with Crippen LogP contribution in [0.5, 0.6) is 0 Å². The topological polar surface area (TPSA) is 94.3 Å². The number of rotatable bonds is 7. The van der Waals surface area contributed by atoms with E-state index in [-0.39, 0.29) is 24.8 Å². The number of nitrogens with zero attached hydrogens (tertiary/aromatic N) is 2. The highest BCUT2D eigenvalue weighted by atomic mass is 35.5. The molecule has 28 heavy (non-hydrogen) atoms. The highest BCUT2D eigenvalue weighted by Crippen LogP contribution is 2.21. The minimum Gasteiger partial charge on any atom is -0.456 e. The first kappa shape index (κ1) is 19.6. The van der Waals surface area contributed by atoms with Crippen molar-refractivity contribution < 1.29 is 18.7 Å². The van der Waals surface area contributed by atoms with Crippen LogP contribution < -0.4 is 5.32 Å². The molecule has 8 heteroatoms. The quantitative estimate of drug-likeness (QED) is 0.609. The molecule has 1 atom stereocenters. The van der Waals surface area contributed by atoms with E-state index in [1.807, 2.05) is 30.3 Å². The predicted molar refractivity (Wildman–Crippen MR) is 102 cm³/mol. The smallest absolute Gasteiger partial charge is 0.308 e. The Labute approximate surface area is 166 Å². The molecule has 0 aliphatic rings. The number of ether oxygens (including phenoxy) is 1. The lowest BCUT2D eigenvalue weighted by molar-refractivity contribution is -0.146. The number of carbonyl (C=O) groups excluding carboxylic acids is 2. The van der Waals surface area contributed by atoms with E-state index >= 15 is 0 Å². The first-order valence-corrected chi connectivity index (χ1v) is 8.95. The molecule has 0 saturated heterocycles. The van der Waals surface area contributed by atoms with Gasteiger partial charge in [0.2, 0.25) is 5.89 Å². The SMILES string of the molecule is Cc1nnc(COC(=O)C[C@H](NC(=O)c2ccccc2Cl)c2ccccc2)o1. The minimum atomic E-state index is -0.582. The van der Waals surface area contributed by atoms with Crippen molar-refractivity contribution >= 4 is 23.5 Å². The molecule has 1 aromatic heterocycles. The molecule has 0 saturated carbocycles. The van der Waals surface area contributed by atoms with Gasteiger partial charge >= 0.3 is 5.97 Å². The summed E-state index contributed by atoms with van der Waals surface area (Å²) < 4.78 is 10.4. The van der Waals surface area contributed by atoms with Crippen molar-refractivity contribution in [2.75, 3.05) is 0 Å². The summed E-state index contributed by atoms with van der Waals surface area (Å²) in [5, 5.41) is 10.6. The zero-order valence-electron chi connectivity index (χ0n) is 15.1.